The van der Waals surface area contributed by atoms with Crippen LogP contribution in [0.1, 0.15) is 27.9 Å². The highest BCUT2D eigenvalue weighted by atomic mass is 32.2. The Labute approximate surface area is 194 Å². The van der Waals surface area contributed by atoms with Gasteiger partial charge in [0.2, 0.25) is 11.8 Å². The van der Waals surface area contributed by atoms with Crippen molar-refractivity contribution in [3.63, 3.8) is 0 Å². The van der Waals surface area contributed by atoms with Gasteiger partial charge in [-0.05, 0) is 26.0 Å². The molecule has 3 aromatic rings. The Hall–Kier alpha value is -3.23. The van der Waals surface area contributed by atoms with Crippen LogP contribution < -0.4 is 5.32 Å². The quantitative estimate of drug-likeness (QED) is 0.530. The number of anilines is 1. The second kappa shape index (κ2) is 9.50. The Morgan fingerprint density at radius 2 is 1.91 bits per heavy atom. The molecule has 0 spiro atoms. The molecule has 2 aromatic carbocycles. The molecular weight excluding hydrogens is 442 g/mol. The first-order valence-electron chi connectivity index (χ1n) is 9.98. The summed E-state index contributed by atoms with van der Waals surface area (Å²) < 4.78 is 0. The van der Waals surface area contributed by atoms with Crippen LogP contribution in [0.5, 0.6) is 0 Å². The van der Waals surface area contributed by atoms with Crippen molar-refractivity contribution < 1.29 is 14.4 Å². The number of carbonyl (C=O) groups excluding carboxylic acids is 3. The molecule has 0 atom stereocenters. The van der Waals surface area contributed by atoms with E-state index in [4.69, 9.17) is 0 Å². The molecule has 0 bridgehead atoms. The number of benzene rings is 2. The Balaban J connectivity index is 1.49. The average molecular weight is 464 g/mol. The summed E-state index contributed by atoms with van der Waals surface area (Å²) in [6.07, 6.45) is 1.84. The van der Waals surface area contributed by atoms with Gasteiger partial charge in [-0.2, -0.15) is 0 Å². The summed E-state index contributed by atoms with van der Waals surface area (Å²) >= 11 is 2.88. The van der Waals surface area contributed by atoms with Crippen molar-refractivity contribution in [3.8, 4) is 11.3 Å². The average Bonchev–Trinajstić information content (AvgIpc) is 3.37. The SMILES string of the molecule is CC(=O)c1ccccc1NC(=O)CN1C(=O)CS/C1=C/c1nc(-c2ccc(C)cc2)cs1. The number of hydrogen-bond donors (Lipinski definition) is 1. The van der Waals surface area contributed by atoms with Gasteiger partial charge in [0.1, 0.15) is 11.6 Å². The van der Waals surface area contributed by atoms with E-state index < -0.39 is 0 Å². The van der Waals surface area contributed by atoms with Crippen molar-refractivity contribution in [2.75, 3.05) is 17.6 Å². The number of hydrogen-bond acceptors (Lipinski definition) is 6. The van der Waals surface area contributed by atoms with Crippen LogP contribution in [0.3, 0.4) is 0 Å². The smallest absolute Gasteiger partial charge is 0.244 e. The van der Waals surface area contributed by atoms with Crippen LogP contribution in [0.25, 0.3) is 17.3 Å². The van der Waals surface area contributed by atoms with E-state index in [9.17, 15) is 14.4 Å². The van der Waals surface area contributed by atoms with E-state index in [1.807, 2.05) is 42.6 Å². The van der Waals surface area contributed by atoms with E-state index in [0.29, 0.717) is 16.3 Å². The van der Waals surface area contributed by atoms with Crippen LogP contribution in [0.2, 0.25) is 0 Å². The van der Waals surface area contributed by atoms with Crippen molar-refractivity contribution in [2.24, 2.45) is 0 Å². The monoisotopic (exact) mass is 463 g/mol. The summed E-state index contributed by atoms with van der Waals surface area (Å²) in [5.74, 6) is -0.353. The lowest BCUT2D eigenvalue weighted by molar-refractivity contribution is -0.129. The van der Waals surface area contributed by atoms with Crippen molar-refractivity contribution in [1.29, 1.82) is 0 Å². The molecule has 6 nitrogen and oxygen atoms in total. The van der Waals surface area contributed by atoms with Gasteiger partial charge >= 0.3 is 0 Å². The van der Waals surface area contributed by atoms with Crippen molar-refractivity contribution in [1.82, 2.24) is 9.88 Å². The second-order valence-electron chi connectivity index (χ2n) is 7.34. The number of carbonyl (C=O) groups is 3. The van der Waals surface area contributed by atoms with Crippen LogP contribution in [0.4, 0.5) is 5.69 Å². The molecule has 1 aromatic heterocycles. The lowest BCUT2D eigenvalue weighted by atomic mass is 10.1. The number of para-hydroxylation sites is 1. The minimum absolute atomic E-state index is 0.125. The largest absolute Gasteiger partial charge is 0.324 e. The molecule has 1 N–H and O–H groups in total. The molecular formula is C24H21N3O3S2. The number of Topliss-reactive ketones (excluding diaryl/α,β-unsaturated/α-hetero) is 1. The normalized spacial score (nSPS) is 14.8. The van der Waals surface area contributed by atoms with E-state index >= 15 is 0 Å². The van der Waals surface area contributed by atoms with Gasteiger partial charge in [0.25, 0.3) is 0 Å². The summed E-state index contributed by atoms with van der Waals surface area (Å²) in [6.45, 7) is 3.36. The number of amides is 2. The van der Waals surface area contributed by atoms with E-state index in [1.165, 1.54) is 40.5 Å². The maximum Gasteiger partial charge on any atom is 0.244 e. The summed E-state index contributed by atoms with van der Waals surface area (Å²) in [7, 11) is 0. The first kappa shape index (κ1) is 22.0. The number of thiazole rings is 1. The molecule has 1 aliphatic rings. The Morgan fingerprint density at radius 3 is 2.66 bits per heavy atom. The first-order chi connectivity index (χ1) is 15.4. The third-order valence-corrected chi connectivity index (χ3v) is 6.73. The highest BCUT2D eigenvalue weighted by molar-refractivity contribution is 8.04. The number of aryl methyl sites for hydroxylation is 1. The minimum Gasteiger partial charge on any atom is -0.324 e. The summed E-state index contributed by atoms with van der Waals surface area (Å²) in [5, 5.41) is 6.19. The lowest BCUT2D eigenvalue weighted by Crippen LogP contribution is -2.34. The van der Waals surface area contributed by atoms with E-state index in [0.717, 1.165) is 16.3 Å². The molecule has 162 valence electrons. The molecule has 2 heterocycles. The number of nitrogens with zero attached hydrogens (tertiary/aromatic N) is 2. The fourth-order valence-electron chi connectivity index (χ4n) is 3.25. The van der Waals surface area contributed by atoms with Crippen LogP contribution in [-0.2, 0) is 9.59 Å². The molecule has 0 radical (unpaired) electrons. The zero-order valence-corrected chi connectivity index (χ0v) is 19.3. The van der Waals surface area contributed by atoms with Gasteiger partial charge in [-0.3, -0.25) is 19.3 Å². The van der Waals surface area contributed by atoms with E-state index in [-0.39, 0.29) is 29.9 Å². The van der Waals surface area contributed by atoms with Crippen molar-refractivity contribution in [2.45, 2.75) is 13.8 Å². The Kier molecular flexibility index (Phi) is 6.53. The van der Waals surface area contributed by atoms with Gasteiger partial charge in [0, 0.05) is 22.6 Å². The number of rotatable bonds is 6. The maximum atomic E-state index is 12.6. The minimum atomic E-state index is -0.361. The number of thioether (sulfide) groups is 1. The Bertz CT molecular complexity index is 1220. The van der Waals surface area contributed by atoms with Crippen LogP contribution in [0.15, 0.2) is 58.9 Å². The number of nitrogens with one attached hydrogen (secondary N) is 1. The lowest BCUT2D eigenvalue weighted by Gasteiger charge is -2.17. The van der Waals surface area contributed by atoms with Gasteiger partial charge in [-0.1, -0.05) is 53.7 Å². The molecule has 1 saturated heterocycles. The summed E-state index contributed by atoms with van der Waals surface area (Å²) in [6, 6.07) is 15.0. The molecule has 8 heteroatoms. The zero-order valence-electron chi connectivity index (χ0n) is 17.6. The summed E-state index contributed by atoms with van der Waals surface area (Å²) in [5.41, 5.74) is 3.98. The molecule has 1 fully saturated rings. The van der Waals surface area contributed by atoms with Crippen molar-refractivity contribution >= 4 is 52.5 Å². The van der Waals surface area contributed by atoms with Crippen LogP contribution >= 0.6 is 23.1 Å². The standard InChI is InChI=1S/C24H21N3O3S2/c1-15-7-9-17(10-8-15)20-13-31-22(26-20)11-24-27(23(30)14-32-24)12-21(29)25-19-6-4-3-5-18(19)16(2)28/h3-11,13H,12,14H2,1-2H3,(H,25,29)/b24-11+. The van der Waals surface area contributed by atoms with Crippen LogP contribution in [-0.4, -0.2) is 39.8 Å². The second-order valence-corrected chi connectivity index (χ2v) is 9.22. The van der Waals surface area contributed by atoms with Crippen LogP contribution in [0, 0.1) is 6.92 Å². The fraction of sp³-hybridized carbons (Fsp3) is 0.167. The van der Waals surface area contributed by atoms with Gasteiger partial charge < -0.3 is 5.32 Å². The molecule has 0 aliphatic carbocycles. The molecule has 4 rings (SSSR count). The van der Waals surface area contributed by atoms with E-state index in [2.05, 4.69) is 10.3 Å². The van der Waals surface area contributed by atoms with Gasteiger partial charge in [0.15, 0.2) is 5.78 Å². The van der Waals surface area contributed by atoms with Crippen molar-refractivity contribution in [3.05, 3.63) is 75.1 Å². The first-order valence-corrected chi connectivity index (χ1v) is 11.8. The topological polar surface area (TPSA) is 79.4 Å². The highest BCUT2D eigenvalue weighted by Crippen LogP contribution is 2.32. The predicted octanol–water partition coefficient (Wildman–Crippen LogP) is 4.83. The van der Waals surface area contributed by atoms with E-state index in [1.54, 1.807) is 24.3 Å². The summed E-state index contributed by atoms with van der Waals surface area (Å²) in [4.78, 5) is 43.0. The fourth-order valence-corrected chi connectivity index (χ4v) is 5.02. The predicted molar refractivity (Wildman–Crippen MR) is 130 cm³/mol. The maximum absolute atomic E-state index is 12.6. The highest BCUT2D eigenvalue weighted by Gasteiger charge is 2.29. The van der Waals surface area contributed by atoms with Gasteiger partial charge in [0.05, 0.1) is 22.2 Å². The number of aromatic nitrogens is 1. The van der Waals surface area contributed by atoms with Gasteiger partial charge in [-0.15, -0.1) is 11.3 Å². The molecule has 2 amide bonds. The van der Waals surface area contributed by atoms with Gasteiger partial charge in [-0.25, -0.2) is 4.98 Å². The zero-order chi connectivity index (χ0) is 22.7. The molecule has 0 unspecified atom stereocenters. The Morgan fingerprint density at radius 1 is 1.16 bits per heavy atom. The molecule has 0 saturated carbocycles. The molecule has 32 heavy (non-hydrogen) atoms. The number of ketones is 1. The third kappa shape index (κ3) is 4.98. The third-order valence-electron chi connectivity index (χ3n) is 4.91. The molecule has 1 aliphatic heterocycles.